The molecule has 0 aliphatic heterocycles. The van der Waals surface area contributed by atoms with Gasteiger partial charge in [0.05, 0.1) is 5.92 Å². The van der Waals surface area contributed by atoms with E-state index in [4.69, 9.17) is 10.8 Å². The number of carbonyl (C=O) groups is 1. The van der Waals surface area contributed by atoms with Gasteiger partial charge in [-0.25, -0.2) is 0 Å². The highest BCUT2D eigenvalue weighted by atomic mass is 16.4. The van der Waals surface area contributed by atoms with Crippen LogP contribution < -0.4 is 5.73 Å². The third kappa shape index (κ3) is 3.56. The maximum absolute atomic E-state index is 10.9. The molecule has 0 radical (unpaired) electrons. The Labute approximate surface area is 103 Å². The summed E-state index contributed by atoms with van der Waals surface area (Å²) in [5.41, 5.74) is 9.16. The molecule has 0 aromatic heterocycles. The highest BCUT2D eigenvalue weighted by molar-refractivity contribution is 5.70. The molecule has 1 aromatic rings. The summed E-state index contributed by atoms with van der Waals surface area (Å²) in [6, 6.07) is 6.29. The Kier molecular flexibility index (Phi) is 4.70. The Bertz CT molecular complexity index is 401. The molecule has 0 bridgehead atoms. The number of carboxylic acids is 1. The highest BCUT2D eigenvalue weighted by Crippen LogP contribution is 2.25. The third-order valence-electron chi connectivity index (χ3n) is 3.37. The molecule has 0 aliphatic carbocycles. The Morgan fingerprint density at radius 2 is 2.00 bits per heavy atom. The standard InChI is InChI=1S/C14H21NO2/c1-9-4-5-12(6-10(9)2)11(3)7-13(8-15)14(16)17/h4-6,11,13H,7-8,15H2,1-3H3,(H,16,17). The molecular formula is C14H21NO2. The van der Waals surface area contributed by atoms with E-state index in [9.17, 15) is 4.79 Å². The number of nitrogens with two attached hydrogens (primary N) is 1. The van der Waals surface area contributed by atoms with E-state index in [1.54, 1.807) is 0 Å². The van der Waals surface area contributed by atoms with Gasteiger partial charge in [0, 0.05) is 6.54 Å². The Morgan fingerprint density at radius 1 is 1.35 bits per heavy atom. The smallest absolute Gasteiger partial charge is 0.307 e. The van der Waals surface area contributed by atoms with Crippen LogP contribution in [0.15, 0.2) is 18.2 Å². The fourth-order valence-electron chi connectivity index (χ4n) is 1.93. The minimum Gasteiger partial charge on any atom is -0.481 e. The van der Waals surface area contributed by atoms with Crippen molar-refractivity contribution in [2.45, 2.75) is 33.1 Å². The van der Waals surface area contributed by atoms with Crippen molar-refractivity contribution in [3.05, 3.63) is 34.9 Å². The van der Waals surface area contributed by atoms with Crippen molar-refractivity contribution in [1.29, 1.82) is 0 Å². The van der Waals surface area contributed by atoms with Crippen molar-refractivity contribution in [2.24, 2.45) is 11.7 Å². The summed E-state index contributed by atoms with van der Waals surface area (Å²) in [5, 5.41) is 8.99. The van der Waals surface area contributed by atoms with Gasteiger partial charge in [0.2, 0.25) is 0 Å². The van der Waals surface area contributed by atoms with Crippen LogP contribution >= 0.6 is 0 Å². The second-order valence-corrected chi connectivity index (χ2v) is 4.75. The lowest BCUT2D eigenvalue weighted by atomic mass is 9.89. The Hall–Kier alpha value is -1.35. The van der Waals surface area contributed by atoms with Gasteiger partial charge in [0.25, 0.3) is 0 Å². The zero-order valence-electron chi connectivity index (χ0n) is 10.7. The van der Waals surface area contributed by atoms with Crippen LogP contribution in [0.2, 0.25) is 0 Å². The molecule has 0 fully saturated rings. The fourth-order valence-corrected chi connectivity index (χ4v) is 1.93. The number of hydrogen-bond acceptors (Lipinski definition) is 2. The summed E-state index contributed by atoms with van der Waals surface area (Å²) in [6.45, 7) is 6.40. The van der Waals surface area contributed by atoms with E-state index in [2.05, 4.69) is 39.0 Å². The van der Waals surface area contributed by atoms with E-state index in [0.29, 0.717) is 6.42 Å². The lowest BCUT2D eigenvalue weighted by Gasteiger charge is -2.17. The van der Waals surface area contributed by atoms with E-state index in [0.717, 1.165) is 0 Å². The summed E-state index contributed by atoms with van der Waals surface area (Å²) in [6.07, 6.45) is 0.592. The van der Waals surface area contributed by atoms with Crippen molar-refractivity contribution in [2.75, 3.05) is 6.54 Å². The maximum Gasteiger partial charge on any atom is 0.307 e. The molecular weight excluding hydrogens is 214 g/mol. The first-order valence-corrected chi connectivity index (χ1v) is 5.95. The van der Waals surface area contributed by atoms with Crippen LogP contribution in [-0.2, 0) is 4.79 Å². The minimum atomic E-state index is -0.803. The fraction of sp³-hybridized carbons (Fsp3) is 0.500. The van der Waals surface area contributed by atoms with Gasteiger partial charge in [-0.2, -0.15) is 0 Å². The number of aliphatic carboxylic acids is 1. The molecule has 3 heteroatoms. The average Bonchev–Trinajstić information content (AvgIpc) is 2.28. The predicted octanol–water partition coefficient (Wildman–Crippen LogP) is 2.46. The van der Waals surface area contributed by atoms with Gasteiger partial charge in [0.1, 0.15) is 0 Å². The lowest BCUT2D eigenvalue weighted by Crippen LogP contribution is -2.24. The molecule has 2 unspecified atom stereocenters. The third-order valence-corrected chi connectivity index (χ3v) is 3.37. The molecule has 3 N–H and O–H groups in total. The van der Waals surface area contributed by atoms with Crippen LogP contribution in [0.5, 0.6) is 0 Å². The first kappa shape index (κ1) is 13.7. The monoisotopic (exact) mass is 235 g/mol. The molecule has 94 valence electrons. The van der Waals surface area contributed by atoms with Gasteiger partial charge in [-0.1, -0.05) is 25.1 Å². The Balaban J connectivity index is 2.78. The van der Waals surface area contributed by atoms with Crippen molar-refractivity contribution < 1.29 is 9.90 Å². The zero-order valence-corrected chi connectivity index (χ0v) is 10.7. The second kappa shape index (κ2) is 5.82. The summed E-state index contributed by atoms with van der Waals surface area (Å²) in [4.78, 5) is 10.9. The molecule has 17 heavy (non-hydrogen) atoms. The first-order chi connectivity index (χ1) is 7.95. The number of benzene rings is 1. The van der Waals surface area contributed by atoms with E-state index in [1.807, 2.05) is 0 Å². The molecule has 0 amide bonds. The summed E-state index contributed by atoms with van der Waals surface area (Å²) in [5.74, 6) is -1.03. The van der Waals surface area contributed by atoms with Crippen LogP contribution in [0.4, 0.5) is 0 Å². The van der Waals surface area contributed by atoms with Crippen LogP contribution in [0.25, 0.3) is 0 Å². The number of carboxylic acid groups (broad SMARTS) is 1. The van der Waals surface area contributed by atoms with Gasteiger partial charge in [-0.05, 0) is 42.9 Å². The first-order valence-electron chi connectivity index (χ1n) is 5.95. The molecule has 0 heterocycles. The van der Waals surface area contributed by atoms with Crippen LogP contribution in [0.1, 0.15) is 36.0 Å². The summed E-state index contributed by atoms with van der Waals surface area (Å²) in [7, 11) is 0. The number of rotatable bonds is 5. The Morgan fingerprint density at radius 3 is 2.47 bits per heavy atom. The van der Waals surface area contributed by atoms with Gasteiger partial charge < -0.3 is 10.8 Å². The number of hydrogen-bond donors (Lipinski definition) is 2. The van der Waals surface area contributed by atoms with E-state index >= 15 is 0 Å². The second-order valence-electron chi connectivity index (χ2n) is 4.75. The van der Waals surface area contributed by atoms with Gasteiger partial charge in [-0.3, -0.25) is 4.79 Å². The zero-order chi connectivity index (χ0) is 13.0. The molecule has 2 atom stereocenters. The summed E-state index contributed by atoms with van der Waals surface area (Å²) < 4.78 is 0. The summed E-state index contributed by atoms with van der Waals surface area (Å²) >= 11 is 0. The molecule has 0 saturated heterocycles. The topological polar surface area (TPSA) is 63.3 Å². The molecule has 3 nitrogen and oxygen atoms in total. The predicted molar refractivity (Wildman–Crippen MR) is 69.1 cm³/mol. The van der Waals surface area contributed by atoms with Gasteiger partial charge >= 0.3 is 5.97 Å². The largest absolute Gasteiger partial charge is 0.481 e. The van der Waals surface area contributed by atoms with Gasteiger partial charge in [0.15, 0.2) is 0 Å². The average molecular weight is 235 g/mol. The highest BCUT2D eigenvalue weighted by Gasteiger charge is 2.19. The molecule has 1 rings (SSSR count). The normalized spacial score (nSPS) is 14.4. The van der Waals surface area contributed by atoms with Crippen LogP contribution in [0, 0.1) is 19.8 Å². The van der Waals surface area contributed by atoms with E-state index in [-0.39, 0.29) is 12.5 Å². The van der Waals surface area contributed by atoms with Crippen molar-refractivity contribution in [1.82, 2.24) is 0 Å². The quantitative estimate of drug-likeness (QED) is 0.824. The van der Waals surface area contributed by atoms with Crippen LogP contribution in [-0.4, -0.2) is 17.6 Å². The lowest BCUT2D eigenvalue weighted by molar-refractivity contribution is -0.141. The molecule has 0 saturated carbocycles. The van der Waals surface area contributed by atoms with E-state index < -0.39 is 11.9 Å². The maximum atomic E-state index is 10.9. The van der Waals surface area contributed by atoms with Crippen molar-refractivity contribution >= 4 is 5.97 Å². The molecule has 0 spiro atoms. The minimum absolute atomic E-state index is 0.199. The van der Waals surface area contributed by atoms with Gasteiger partial charge in [-0.15, -0.1) is 0 Å². The van der Waals surface area contributed by atoms with Crippen molar-refractivity contribution in [3.63, 3.8) is 0 Å². The van der Waals surface area contributed by atoms with Crippen LogP contribution in [0.3, 0.4) is 0 Å². The number of aryl methyl sites for hydroxylation is 2. The molecule has 0 aliphatic rings. The molecule has 1 aromatic carbocycles. The van der Waals surface area contributed by atoms with E-state index in [1.165, 1.54) is 16.7 Å². The van der Waals surface area contributed by atoms with Crippen molar-refractivity contribution in [3.8, 4) is 0 Å². The SMILES string of the molecule is Cc1ccc(C(C)CC(CN)C(=O)O)cc1C.